The van der Waals surface area contributed by atoms with Crippen molar-refractivity contribution < 1.29 is 27.5 Å². The van der Waals surface area contributed by atoms with E-state index in [9.17, 15) is 27.5 Å². The van der Waals surface area contributed by atoms with Gasteiger partial charge in [-0.25, -0.2) is 13.2 Å². The lowest BCUT2D eigenvalue weighted by atomic mass is 10.1. The molecule has 1 heterocycles. The number of benzene rings is 1. The van der Waals surface area contributed by atoms with Crippen LogP contribution in [-0.4, -0.2) is 23.0 Å². The van der Waals surface area contributed by atoms with Crippen molar-refractivity contribution in [3.8, 4) is 0 Å². The first-order valence-electron chi connectivity index (χ1n) is 4.16. The number of aliphatic hydroxyl groups is 1. The van der Waals surface area contributed by atoms with Crippen LogP contribution in [0.5, 0.6) is 0 Å². The summed E-state index contributed by atoms with van der Waals surface area (Å²) in [4.78, 5) is 11.5. The quantitative estimate of drug-likeness (QED) is 0.418. The lowest BCUT2D eigenvalue weighted by Gasteiger charge is -2.21. The van der Waals surface area contributed by atoms with Crippen LogP contribution in [0.2, 0.25) is 0 Å². The summed E-state index contributed by atoms with van der Waals surface area (Å²) in [7, 11) is 0.845. The maximum atomic E-state index is 13.6. The summed E-state index contributed by atoms with van der Waals surface area (Å²) in [5.41, 5.74) is -1.93. The maximum Gasteiger partial charge on any atom is 0.321 e. The number of carbonyl (C=O) groups excluding carboxylic acids is 1. The molecule has 86 valence electrons. The van der Waals surface area contributed by atoms with Crippen LogP contribution in [0.25, 0.3) is 0 Å². The molecule has 0 bridgehead atoms. The third-order valence-electron chi connectivity index (χ3n) is 2.46. The number of nitrogens with zero attached hydrogens (tertiary/aromatic N) is 1. The van der Waals surface area contributed by atoms with Crippen molar-refractivity contribution >= 4 is 5.91 Å². The number of rotatable bonds is 0. The van der Waals surface area contributed by atoms with E-state index >= 15 is 0 Å². The zero-order valence-electron chi connectivity index (χ0n) is 7.89. The van der Waals surface area contributed by atoms with Gasteiger partial charge in [-0.1, -0.05) is 0 Å². The Labute approximate surface area is 86.9 Å². The molecule has 1 N–H and O–H groups in total. The number of amides is 1. The van der Waals surface area contributed by atoms with Crippen molar-refractivity contribution in [2.24, 2.45) is 0 Å². The second-order valence-corrected chi connectivity index (χ2v) is 3.36. The molecule has 1 aliphatic heterocycles. The van der Waals surface area contributed by atoms with Crippen molar-refractivity contribution in [2.45, 2.75) is 5.98 Å². The smallest absolute Gasteiger partial charge is 0.321 e. The van der Waals surface area contributed by atoms with Gasteiger partial charge in [0.05, 0.1) is 11.1 Å². The van der Waals surface area contributed by atoms with Gasteiger partial charge in [0.15, 0.2) is 17.5 Å². The molecule has 1 amide bonds. The SMILES string of the molecule is CN1C(=O)c2cc(F)c(F)c(F)c2C1(O)F. The predicted octanol–water partition coefficient (Wildman–Crippen LogP) is 1.26. The van der Waals surface area contributed by atoms with Crippen LogP contribution < -0.4 is 0 Å². The highest BCUT2D eigenvalue weighted by Crippen LogP contribution is 2.40. The summed E-state index contributed by atoms with van der Waals surface area (Å²) in [6.07, 6.45) is 0. The minimum Gasteiger partial charge on any atom is -0.341 e. The van der Waals surface area contributed by atoms with Crippen molar-refractivity contribution in [1.82, 2.24) is 4.90 Å². The molecule has 2 rings (SSSR count). The summed E-state index contributed by atoms with van der Waals surface area (Å²) in [6.45, 7) is 0. The number of alkyl halides is 1. The Kier molecular flexibility index (Phi) is 2.00. The van der Waals surface area contributed by atoms with E-state index in [2.05, 4.69) is 0 Å². The molecule has 0 radical (unpaired) electrons. The van der Waals surface area contributed by atoms with Gasteiger partial charge < -0.3 is 5.11 Å². The largest absolute Gasteiger partial charge is 0.341 e. The molecule has 0 fully saturated rings. The Balaban J connectivity index is 2.83. The predicted molar refractivity (Wildman–Crippen MR) is 43.4 cm³/mol. The van der Waals surface area contributed by atoms with Crippen molar-refractivity contribution in [1.29, 1.82) is 0 Å². The summed E-state index contributed by atoms with van der Waals surface area (Å²) < 4.78 is 52.4. The number of fused-ring (bicyclic) bond motifs is 1. The fourth-order valence-corrected chi connectivity index (χ4v) is 1.56. The van der Waals surface area contributed by atoms with E-state index in [1.165, 1.54) is 0 Å². The van der Waals surface area contributed by atoms with Gasteiger partial charge in [0, 0.05) is 7.05 Å². The highest BCUT2D eigenvalue weighted by Gasteiger charge is 2.51. The first-order valence-corrected chi connectivity index (χ1v) is 4.16. The molecule has 1 aliphatic rings. The monoisotopic (exact) mass is 235 g/mol. The normalized spacial score (nSPS) is 23.9. The Morgan fingerprint density at radius 1 is 1.31 bits per heavy atom. The number of hydrogen-bond donors (Lipinski definition) is 1. The second kappa shape index (κ2) is 2.94. The summed E-state index contributed by atoms with van der Waals surface area (Å²) in [5, 5.41) is 9.19. The average molecular weight is 235 g/mol. The van der Waals surface area contributed by atoms with Crippen LogP contribution >= 0.6 is 0 Å². The van der Waals surface area contributed by atoms with Gasteiger partial charge in [-0.3, -0.25) is 9.69 Å². The van der Waals surface area contributed by atoms with Crippen LogP contribution in [0, 0.1) is 17.5 Å². The summed E-state index contributed by atoms with van der Waals surface area (Å²) in [6, 6.07) is 0.351. The third-order valence-corrected chi connectivity index (χ3v) is 2.46. The number of halogens is 4. The Morgan fingerprint density at radius 3 is 2.44 bits per heavy atom. The average Bonchev–Trinajstić information content (AvgIpc) is 2.37. The van der Waals surface area contributed by atoms with Crippen LogP contribution in [-0.2, 0) is 5.98 Å². The van der Waals surface area contributed by atoms with Crippen molar-refractivity contribution in [3.63, 3.8) is 0 Å². The minimum atomic E-state index is -3.47. The van der Waals surface area contributed by atoms with E-state index < -0.39 is 40.5 Å². The van der Waals surface area contributed by atoms with Crippen LogP contribution in [0.4, 0.5) is 17.6 Å². The van der Waals surface area contributed by atoms with E-state index in [4.69, 9.17) is 0 Å². The lowest BCUT2D eigenvalue weighted by molar-refractivity contribution is -0.182. The van der Waals surface area contributed by atoms with Gasteiger partial charge >= 0.3 is 5.98 Å². The molecule has 16 heavy (non-hydrogen) atoms. The first kappa shape index (κ1) is 10.9. The number of carbonyl (C=O) groups is 1. The molecule has 7 heteroatoms. The fraction of sp³-hybridized carbons (Fsp3) is 0.222. The van der Waals surface area contributed by atoms with Crippen LogP contribution in [0.15, 0.2) is 6.07 Å². The topological polar surface area (TPSA) is 40.5 Å². The number of hydrogen-bond acceptors (Lipinski definition) is 2. The van der Waals surface area contributed by atoms with E-state index in [1.54, 1.807) is 0 Å². The highest BCUT2D eigenvalue weighted by molar-refractivity contribution is 5.99. The van der Waals surface area contributed by atoms with E-state index in [1.807, 2.05) is 0 Å². The molecule has 0 saturated carbocycles. The molecule has 1 atom stereocenters. The Bertz CT molecular complexity index is 501. The molecule has 0 spiro atoms. The van der Waals surface area contributed by atoms with Gasteiger partial charge in [-0.05, 0) is 6.07 Å². The van der Waals surface area contributed by atoms with E-state index in [0.29, 0.717) is 6.07 Å². The molecule has 3 nitrogen and oxygen atoms in total. The minimum absolute atomic E-state index is 0.152. The fourth-order valence-electron chi connectivity index (χ4n) is 1.56. The second-order valence-electron chi connectivity index (χ2n) is 3.36. The molecular formula is C9H5F4NO2. The lowest BCUT2D eigenvalue weighted by Crippen LogP contribution is -2.37. The van der Waals surface area contributed by atoms with E-state index in [0.717, 1.165) is 7.05 Å². The maximum absolute atomic E-state index is 13.6. The van der Waals surface area contributed by atoms with Gasteiger partial charge in [-0.15, -0.1) is 0 Å². The van der Waals surface area contributed by atoms with Crippen LogP contribution in [0.3, 0.4) is 0 Å². The Morgan fingerprint density at radius 2 is 1.88 bits per heavy atom. The zero-order valence-corrected chi connectivity index (χ0v) is 7.89. The molecule has 0 saturated heterocycles. The van der Waals surface area contributed by atoms with Gasteiger partial charge in [0.1, 0.15) is 0 Å². The van der Waals surface area contributed by atoms with Crippen LogP contribution in [0.1, 0.15) is 15.9 Å². The molecule has 0 aliphatic carbocycles. The molecule has 0 aromatic heterocycles. The van der Waals surface area contributed by atoms with E-state index in [-0.39, 0.29) is 4.90 Å². The van der Waals surface area contributed by atoms with Crippen molar-refractivity contribution in [3.05, 3.63) is 34.6 Å². The third kappa shape index (κ3) is 1.09. The first-order chi connectivity index (χ1) is 7.28. The molecule has 1 aromatic rings. The summed E-state index contributed by atoms with van der Waals surface area (Å²) >= 11 is 0. The molecule has 1 aromatic carbocycles. The van der Waals surface area contributed by atoms with Gasteiger partial charge in [-0.2, -0.15) is 4.39 Å². The van der Waals surface area contributed by atoms with Gasteiger partial charge in [0.2, 0.25) is 0 Å². The summed E-state index contributed by atoms with van der Waals surface area (Å²) in [5.74, 6) is -10.0. The zero-order chi connectivity index (χ0) is 12.2. The van der Waals surface area contributed by atoms with Gasteiger partial charge in [0.25, 0.3) is 5.91 Å². The standard InChI is InChI=1S/C9H5F4NO2/c1-14-8(15)3-2-4(10)6(11)7(12)5(3)9(14,13)16/h2,16H,1H3. The molecule has 1 unspecified atom stereocenters. The van der Waals surface area contributed by atoms with Crippen molar-refractivity contribution in [2.75, 3.05) is 7.05 Å². The highest BCUT2D eigenvalue weighted by atomic mass is 19.2. The molecular weight excluding hydrogens is 230 g/mol. The Hall–Kier alpha value is -1.63.